The molecule has 96 valence electrons. The average molecular weight is 237 g/mol. The van der Waals surface area contributed by atoms with Crippen molar-refractivity contribution < 1.29 is 0 Å². The largest absolute Gasteiger partial charge is 0.307 e. The topological polar surface area (TPSA) is 55.6 Å². The molecule has 1 aromatic rings. The second-order valence-electron chi connectivity index (χ2n) is 5.82. The Morgan fingerprint density at radius 1 is 1.35 bits per heavy atom. The zero-order valence-corrected chi connectivity index (χ0v) is 11.3. The number of hydrogen-bond acceptors (Lipinski definition) is 4. The van der Waals surface area contributed by atoms with Crippen LogP contribution in [0, 0.1) is 5.92 Å². The summed E-state index contributed by atoms with van der Waals surface area (Å²) < 4.78 is 2.02. The fourth-order valence-corrected chi connectivity index (χ4v) is 2.25. The molecule has 1 atom stereocenters. The van der Waals surface area contributed by atoms with Gasteiger partial charge >= 0.3 is 0 Å². The maximum Gasteiger partial charge on any atom is 0.168 e. The highest BCUT2D eigenvalue weighted by Gasteiger charge is 2.37. The molecule has 1 N–H and O–H groups in total. The van der Waals surface area contributed by atoms with E-state index < -0.39 is 0 Å². The lowest BCUT2D eigenvalue weighted by Gasteiger charge is -2.39. The summed E-state index contributed by atoms with van der Waals surface area (Å²) in [6, 6.07) is 0.213. The van der Waals surface area contributed by atoms with Gasteiger partial charge in [-0.2, -0.15) is 0 Å². The number of tetrazole rings is 1. The Kier molecular flexibility index (Phi) is 3.47. The normalized spacial score (nSPS) is 20.3. The lowest BCUT2D eigenvalue weighted by atomic mass is 9.78. The molecular weight excluding hydrogens is 214 g/mol. The molecule has 5 heteroatoms. The van der Waals surface area contributed by atoms with Gasteiger partial charge < -0.3 is 5.32 Å². The van der Waals surface area contributed by atoms with Crippen LogP contribution in [0.4, 0.5) is 0 Å². The van der Waals surface area contributed by atoms with E-state index in [1.165, 1.54) is 19.3 Å². The summed E-state index contributed by atoms with van der Waals surface area (Å²) in [7, 11) is 0. The van der Waals surface area contributed by atoms with Crippen molar-refractivity contribution in [2.75, 3.05) is 6.54 Å². The van der Waals surface area contributed by atoms with E-state index in [0.29, 0.717) is 5.92 Å². The molecule has 1 heterocycles. The summed E-state index contributed by atoms with van der Waals surface area (Å²) >= 11 is 0. The van der Waals surface area contributed by atoms with Crippen molar-refractivity contribution in [3.8, 4) is 0 Å². The smallest absolute Gasteiger partial charge is 0.168 e. The highest BCUT2D eigenvalue weighted by atomic mass is 15.6. The molecule has 1 aliphatic carbocycles. The van der Waals surface area contributed by atoms with E-state index >= 15 is 0 Å². The third-order valence-corrected chi connectivity index (χ3v) is 3.66. The van der Waals surface area contributed by atoms with E-state index in [1.54, 1.807) is 0 Å². The van der Waals surface area contributed by atoms with Gasteiger partial charge in [-0.3, -0.25) is 0 Å². The van der Waals surface area contributed by atoms with Gasteiger partial charge in [0, 0.05) is 0 Å². The quantitative estimate of drug-likeness (QED) is 0.849. The maximum atomic E-state index is 4.18. The minimum Gasteiger partial charge on any atom is -0.307 e. The average Bonchev–Trinajstić information content (AvgIpc) is 2.71. The second kappa shape index (κ2) is 4.72. The van der Waals surface area contributed by atoms with Crippen LogP contribution in [0.25, 0.3) is 0 Å². The molecule has 0 saturated heterocycles. The van der Waals surface area contributed by atoms with Crippen molar-refractivity contribution in [1.82, 2.24) is 25.5 Å². The van der Waals surface area contributed by atoms with Gasteiger partial charge in [0.05, 0.1) is 11.6 Å². The SMILES string of the molecule is CC(C)CNC(C)c1nnnn1C1(C)CCC1. The third-order valence-electron chi connectivity index (χ3n) is 3.66. The van der Waals surface area contributed by atoms with Crippen molar-refractivity contribution in [2.45, 2.75) is 58.5 Å². The van der Waals surface area contributed by atoms with Crippen LogP contribution in [0.5, 0.6) is 0 Å². The van der Waals surface area contributed by atoms with Crippen molar-refractivity contribution in [3.63, 3.8) is 0 Å². The van der Waals surface area contributed by atoms with Gasteiger partial charge in [-0.15, -0.1) is 5.10 Å². The van der Waals surface area contributed by atoms with Crippen LogP contribution in [0.3, 0.4) is 0 Å². The van der Waals surface area contributed by atoms with Gasteiger partial charge in [-0.25, -0.2) is 4.68 Å². The van der Waals surface area contributed by atoms with Crippen LogP contribution < -0.4 is 5.32 Å². The third kappa shape index (κ3) is 2.49. The lowest BCUT2D eigenvalue weighted by Crippen LogP contribution is -2.41. The first-order valence-corrected chi connectivity index (χ1v) is 6.55. The summed E-state index contributed by atoms with van der Waals surface area (Å²) in [5.41, 5.74) is 0.145. The Balaban J connectivity index is 2.08. The predicted molar refractivity (Wildman–Crippen MR) is 66.6 cm³/mol. The molecule has 1 fully saturated rings. The van der Waals surface area contributed by atoms with Crippen molar-refractivity contribution >= 4 is 0 Å². The van der Waals surface area contributed by atoms with E-state index in [-0.39, 0.29) is 11.6 Å². The molecule has 1 saturated carbocycles. The van der Waals surface area contributed by atoms with Crippen molar-refractivity contribution in [2.24, 2.45) is 5.92 Å². The monoisotopic (exact) mass is 237 g/mol. The number of hydrogen-bond donors (Lipinski definition) is 1. The minimum absolute atomic E-state index is 0.145. The fraction of sp³-hybridized carbons (Fsp3) is 0.917. The van der Waals surface area contributed by atoms with Gasteiger partial charge in [0.15, 0.2) is 5.82 Å². The Hall–Kier alpha value is -0.970. The molecule has 1 aromatic heterocycles. The Morgan fingerprint density at radius 2 is 2.06 bits per heavy atom. The maximum absolute atomic E-state index is 4.18. The highest BCUT2D eigenvalue weighted by Crippen LogP contribution is 2.38. The first-order valence-electron chi connectivity index (χ1n) is 6.55. The highest BCUT2D eigenvalue weighted by molar-refractivity contribution is 4.99. The van der Waals surface area contributed by atoms with E-state index in [0.717, 1.165) is 12.4 Å². The van der Waals surface area contributed by atoms with E-state index in [9.17, 15) is 0 Å². The molecule has 5 nitrogen and oxygen atoms in total. The Bertz CT molecular complexity index is 367. The number of aromatic nitrogens is 4. The van der Waals surface area contributed by atoms with Crippen LogP contribution in [0.2, 0.25) is 0 Å². The van der Waals surface area contributed by atoms with E-state index in [1.807, 2.05) is 4.68 Å². The Labute approximate surface area is 103 Å². The van der Waals surface area contributed by atoms with Crippen LogP contribution in [0.15, 0.2) is 0 Å². The molecule has 0 radical (unpaired) electrons. The van der Waals surface area contributed by atoms with Crippen LogP contribution >= 0.6 is 0 Å². The summed E-state index contributed by atoms with van der Waals surface area (Å²) in [4.78, 5) is 0. The first kappa shape index (κ1) is 12.5. The second-order valence-corrected chi connectivity index (χ2v) is 5.82. The van der Waals surface area contributed by atoms with Crippen LogP contribution in [0.1, 0.15) is 58.8 Å². The molecule has 0 aliphatic heterocycles. The van der Waals surface area contributed by atoms with Crippen molar-refractivity contribution in [1.29, 1.82) is 0 Å². The van der Waals surface area contributed by atoms with Crippen LogP contribution in [-0.4, -0.2) is 26.8 Å². The number of nitrogens with one attached hydrogen (secondary N) is 1. The van der Waals surface area contributed by atoms with Gasteiger partial charge in [-0.1, -0.05) is 13.8 Å². The van der Waals surface area contributed by atoms with Gasteiger partial charge in [0.25, 0.3) is 0 Å². The summed E-state index contributed by atoms with van der Waals surface area (Å²) in [5.74, 6) is 1.61. The number of rotatable bonds is 5. The van der Waals surface area contributed by atoms with Crippen molar-refractivity contribution in [3.05, 3.63) is 5.82 Å². The lowest BCUT2D eigenvalue weighted by molar-refractivity contribution is 0.138. The van der Waals surface area contributed by atoms with E-state index in [2.05, 4.69) is 48.5 Å². The molecule has 17 heavy (non-hydrogen) atoms. The van der Waals surface area contributed by atoms with Gasteiger partial charge in [0.1, 0.15) is 0 Å². The molecule has 2 rings (SSSR count). The standard InChI is InChI=1S/C12H23N5/c1-9(2)8-13-10(3)11-14-15-16-17(11)12(4)6-5-7-12/h9-10,13H,5-8H2,1-4H3. The molecule has 0 amide bonds. The molecule has 0 spiro atoms. The first-order chi connectivity index (χ1) is 8.03. The summed E-state index contributed by atoms with van der Waals surface area (Å²) in [6.07, 6.45) is 3.65. The zero-order chi connectivity index (χ0) is 12.5. The van der Waals surface area contributed by atoms with Gasteiger partial charge in [0.2, 0.25) is 0 Å². The molecule has 1 unspecified atom stereocenters. The number of nitrogens with zero attached hydrogens (tertiary/aromatic N) is 4. The zero-order valence-electron chi connectivity index (χ0n) is 11.3. The minimum atomic E-state index is 0.145. The summed E-state index contributed by atoms with van der Waals surface area (Å²) in [6.45, 7) is 9.77. The molecule has 0 bridgehead atoms. The summed E-state index contributed by atoms with van der Waals surface area (Å²) in [5, 5.41) is 15.7. The van der Waals surface area contributed by atoms with E-state index in [4.69, 9.17) is 0 Å². The molecule has 1 aliphatic rings. The molecule has 0 aromatic carbocycles. The predicted octanol–water partition coefficient (Wildman–Crippen LogP) is 1.88. The van der Waals surface area contributed by atoms with Gasteiger partial charge in [-0.05, 0) is 56.0 Å². The Morgan fingerprint density at radius 3 is 2.59 bits per heavy atom. The van der Waals surface area contributed by atoms with Crippen LogP contribution in [-0.2, 0) is 5.54 Å². The molecular formula is C12H23N5. The fourth-order valence-electron chi connectivity index (χ4n) is 2.25.